The molecule has 1 fully saturated rings. The summed E-state index contributed by atoms with van der Waals surface area (Å²) < 4.78 is 11.0. The minimum Gasteiger partial charge on any atom is -0.443 e. The first kappa shape index (κ1) is 24.8. The van der Waals surface area contributed by atoms with Crippen molar-refractivity contribution in [1.29, 1.82) is 0 Å². The van der Waals surface area contributed by atoms with Gasteiger partial charge in [-0.2, -0.15) is 0 Å². The SMILES string of the molecule is O=C(NC(c1ccccc1)c1c(-c2ncco2)[nH]c2cc(Cl)ccc2c1=O)c1ccc(N2CCOCC2)nc1. The summed E-state index contributed by atoms with van der Waals surface area (Å²) in [7, 11) is 0. The number of H-pyrrole nitrogens is 1. The van der Waals surface area contributed by atoms with Gasteiger partial charge in [-0.25, -0.2) is 9.97 Å². The molecule has 1 aliphatic heterocycles. The molecule has 1 aliphatic rings. The highest BCUT2D eigenvalue weighted by Crippen LogP contribution is 2.30. The summed E-state index contributed by atoms with van der Waals surface area (Å²) in [6.45, 7) is 2.77. The van der Waals surface area contributed by atoms with Crippen LogP contribution in [-0.4, -0.2) is 47.2 Å². The zero-order chi connectivity index (χ0) is 26.8. The summed E-state index contributed by atoms with van der Waals surface area (Å²) in [5, 5.41) is 3.96. The summed E-state index contributed by atoms with van der Waals surface area (Å²) >= 11 is 6.21. The summed E-state index contributed by atoms with van der Waals surface area (Å²) in [4.78, 5) is 41.7. The molecule has 39 heavy (non-hydrogen) atoms. The lowest BCUT2D eigenvalue weighted by Gasteiger charge is -2.27. The third-order valence-corrected chi connectivity index (χ3v) is 6.92. The number of amides is 1. The number of nitrogens with one attached hydrogen (secondary N) is 2. The van der Waals surface area contributed by atoms with Crippen LogP contribution in [0.4, 0.5) is 5.82 Å². The molecule has 5 aromatic rings. The molecule has 0 bridgehead atoms. The number of rotatable bonds is 6. The van der Waals surface area contributed by atoms with Gasteiger partial charge in [-0.1, -0.05) is 41.9 Å². The van der Waals surface area contributed by atoms with Gasteiger partial charge in [0.05, 0.1) is 42.1 Å². The number of aromatic amines is 1. The van der Waals surface area contributed by atoms with Gasteiger partial charge in [-0.3, -0.25) is 9.59 Å². The monoisotopic (exact) mass is 541 g/mol. The number of hydrogen-bond donors (Lipinski definition) is 2. The number of carbonyl (C=O) groups excluding carboxylic acids is 1. The Morgan fingerprint density at radius 3 is 2.59 bits per heavy atom. The van der Waals surface area contributed by atoms with Crippen LogP contribution in [0.2, 0.25) is 5.02 Å². The highest BCUT2D eigenvalue weighted by molar-refractivity contribution is 6.31. The summed E-state index contributed by atoms with van der Waals surface area (Å²) in [5.74, 6) is 0.625. The van der Waals surface area contributed by atoms with Gasteiger partial charge in [0.15, 0.2) is 5.43 Å². The van der Waals surface area contributed by atoms with E-state index in [2.05, 4.69) is 25.2 Å². The number of ether oxygens (including phenoxy) is 1. The fourth-order valence-electron chi connectivity index (χ4n) is 4.75. The quantitative estimate of drug-likeness (QED) is 0.323. The first-order valence-corrected chi connectivity index (χ1v) is 12.9. The zero-order valence-corrected chi connectivity index (χ0v) is 21.5. The van der Waals surface area contributed by atoms with E-state index in [0.717, 1.165) is 24.5 Å². The summed E-state index contributed by atoms with van der Waals surface area (Å²) in [6.07, 6.45) is 4.47. The van der Waals surface area contributed by atoms with Crippen LogP contribution in [0.15, 0.2) is 88.5 Å². The average Bonchev–Trinajstić information content (AvgIpc) is 3.52. The van der Waals surface area contributed by atoms with E-state index in [4.69, 9.17) is 20.8 Å². The van der Waals surface area contributed by atoms with Gasteiger partial charge in [0.2, 0.25) is 5.89 Å². The van der Waals surface area contributed by atoms with E-state index in [1.807, 2.05) is 36.4 Å². The van der Waals surface area contributed by atoms with Gasteiger partial charge < -0.3 is 24.4 Å². The minimum absolute atomic E-state index is 0.218. The number of hydrogen-bond acceptors (Lipinski definition) is 7. The summed E-state index contributed by atoms with van der Waals surface area (Å²) in [6, 6.07) is 17.0. The maximum atomic E-state index is 14.0. The fourth-order valence-corrected chi connectivity index (χ4v) is 4.92. The minimum atomic E-state index is -0.816. The molecule has 0 spiro atoms. The molecule has 0 aliphatic carbocycles. The molecule has 1 amide bonds. The first-order chi connectivity index (χ1) is 19.1. The number of oxazole rings is 1. The van der Waals surface area contributed by atoms with Crippen molar-refractivity contribution in [3.63, 3.8) is 0 Å². The lowest BCUT2D eigenvalue weighted by atomic mass is 9.94. The third kappa shape index (κ3) is 5.01. The van der Waals surface area contributed by atoms with Crippen LogP contribution >= 0.6 is 11.6 Å². The summed E-state index contributed by atoms with van der Waals surface area (Å²) in [5.41, 5.74) is 2.00. The molecule has 2 aromatic carbocycles. The molecule has 0 radical (unpaired) electrons. The van der Waals surface area contributed by atoms with Crippen molar-refractivity contribution in [2.45, 2.75) is 6.04 Å². The number of anilines is 1. The van der Waals surface area contributed by atoms with Crippen molar-refractivity contribution in [3.8, 4) is 11.6 Å². The number of nitrogens with zero attached hydrogens (tertiary/aromatic N) is 3. The van der Waals surface area contributed by atoms with Crippen molar-refractivity contribution >= 4 is 34.2 Å². The fraction of sp³-hybridized carbons (Fsp3) is 0.172. The first-order valence-electron chi connectivity index (χ1n) is 12.5. The number of morpholine rings is 1. The van der Waals surface area contributed by atoms with E-state index in [-0.39, 0.29) is 17.2 Å². The van der Waals surface area contributed by atoms with E-state index < -0.39 is 6.04 Å². The van der Waals surface area contributed by atoms with Crippen LogP contribution in [0, 0.1) is 0 Å². The predicted molar refractivity (Wildman–Crippen MR) is 148 cm³/mol. The Labute approximate surface area is 228 Å². The second kappa shape index (κ2) is 10.7. The third-order valence-electron chi connectivity index (χ3n) is 6.69. The number of aromatic nitrogens is 3. The standard InChI is InChI=1S/C29H24ClN5O4/c30-20-7-8-21-22(16-20)33-26(29-31-10-13-39-29)24(27(21)36)25(18-4-2-1-3-5-18)34-28(37)19-6-9-23(32-17-19)35-11-14-38-15-12-35/h1-10,13,16-17,25H,11-12,14-15H2,(H,33,36)(H,34,37). The van der Waals surface area contributed by atoms with Crippen molar-refractivity contribution in [3.05, 3.63) is 111 Å². The highest BCUT2D eigenvalue weighted by Gasteiger charge is 2.28. The number of pyridine rings is 2. The largest absolute Gasteiger partial charge is 0.443 e. The zero-order valence-electron chi connectivity index (χ0n) is 20.8. The molecule has 0 saturated carbocycles. The Balaban J connectivity index is 1.43. The van der Waals surface area contributed by atoms with Gasteiger partial charge >= 0.3 is 0 Å². The molecule has 9 nitrogen and oxygen atoms in total. The molecule has 1 saturated heterocycles. The van der Waals surface area contributed by atoms with E-state index in [1.54, 1.807) is 30.5 Å². The van der Waals surface area contributed by atoms with Crippen LogP contribution in [-0.2, 0) is 4.74 Å². The van der Waals surface area contributed by atoms with Crippen LogP contribution in [0.3, 0.4) is 0 Å². The molecule has 196 valence electrons. The van der Waals surface area contributed by atoms with Crippen molar-refractivity contribution in [1.82, 2.24) is 20.3 Å². The van der Waals surface area contributed by atoms with E-state index in [1.165, 1.54) is 12.5 Å². The lowest BCUT2D eigenvalue weighted by molar-refractivity contribution is 0.0942. The average molecular weight is 542 g/mol. The van der Waals surface area contributed by atoms with E-state index >= 15 is 0 Å². The maximum absolute atomic E-state index is 14.0. The Bertz CT molecular complexity index is 1660. The van der Waals surface area contributed by atoms with Crippen molar-refractivity contribution in [2.24, 2.45) is 0 Å². The van der Waals surface area contributed by atoms with Gasteiger partial charge in [0.25, 0.3) is 5.91 Å². The highest BCUT2D eigenvalue weighted by atomic mass is 35.5. The molecule has 6 rings (SSSR count). The predicted octanol–water partition coefficient (Wildman–Crippen LogP) is 4.59. The second-order valence-electron chi connectivity index (χ2n) is 9.09. The topological polar surface area (TPSA) is 113 Å². The van der Waals surface area contributed by atoms with Gasteiger partial charge in [-0.05, 0) is 35.9 Å². The lowest BCUT2D eigenvalue weighted by Crippen LogP contribution is -2.37. The molecular formula is C29H24ClN5O4. The van der Waals surface area contributed by atoms with Crippen LogP contribution < -0.4 is 15.6 Å². The molecule has 10 heteroatoms. The molecule has 1 unspecified atom stereocenters. The van der Waals surface area contributed by atoms with Crippen molar-refractivity contribution < 1.29 is 13.9 Å². The molecular weight excluding hydrogens is 518 g/mol. The van der Waals surface area contributed by atoms with E-state index in [9.17, 15) is 9.59 Å². The Morgan fingerprint density at radius 2 is 1.87 bits per heavy atom. The Hall–Kier alpha value is -4.47. The second-order valence-corrected chi connectivity index (χ2v) is 9.53. The number of benzene rings is 2. The Morgan fingerprint density at radius 1 is 1.05 bits per heavy atom. The molecule has 4 heterocycles. The molecule has 3 aromatic heterocycles. The normalized spacial score (nSPS) is 14.3. The number of fused-ring (bicyclic) bond motifs is 1. The number of carbonyl (C=O) groups is 1. The number of halogens is 1. The van der Waals surface area contributed by atoms with Gasteiger partial charge in [0, 0.05) is 29.7 Å². The van der Waals surface area contributed by atoms with Crippen molar-refractivity contribution in [2.75, 3.05) is 31.2 Å². The smallest absolute Gasteiger partial charge is 0.253 e. The van der Waals surface area contributed by atoms with E-state index in [0.29, 0.717) is 46.0 Å². The Kier molecular flexibility index (Phi) is 6.83. The maximum Gasteiger partial charge on any atom is 0.253 e. The van der Waals surface area contributed by atoms with Gasteiger partial charge in [-0.15, -0.1) is 0 Å². The van der Waals surface area contributed by atoms with Crippen LogP contribution in [0.1, 0.15) is 27.5 Å². The van der Waals surface area contributed by atoms with Crippen LogP contribution in [0.25, 0.3) is 22.5 Å². The van der Waals surface area contributed by atoms with Gasteiger partial charge in [0.1, 0.15) is 17.8 Å². The molecule has 2 N–H and O–H groups in total. The van der Waals surface area contributed by atoms with Crippen LogP contribution in [0.5, 0.6) is 0 Å². The molecule has 1 atom stereocenters.